The summed E-state index contributed by atoms with van der Waals surface area (Å²) in [5.74, 6) is -0.267. The number of nitrogens with two attached hydrogens (primary N) is 1. The van der Waals surface area contributed by atoms with Gasteiger partial charge in [0.15, 0.2) is 0 Å². The van der Waals surface area contributed by atoms with Gasteiger partial charge in [0.1, 0.15) is 11.5 Å². The van der Waals surface area contributed by atoms with Crippen molar-refractivity contribution < 1.29 is 14.4 Å². The third kappa shape index (κ3) is 1.92. The topological polar surface area (TPSA) is 56.8 Å². The minimum absolute atomic E-state index is 0.267. The first-order valence-electron chi connectivity index (χ1n) is 5.52. The summed E-state index contributed by atoms with van der Waals surface area (Å²) in [4.78, 5) is 14.5. The van der Waals surface area contributed by atoms with Gasteiger partial charge in [-0.05, 0) is 12.5 Å². The van der Waals surface area contributed by atoms with Gasteiger partial charge in [-0.25, -0.2) is 4.79 Å². The van der Waals surface area contributed by atoms with Gasteiger partial charge in [0.05, 0.1) is 30.6 Å². The van der Waals surface area contributed by atoms with Crippen LogP contribution in [0.5, 0.6) is 0 Å². The van der Waals surface area contributed by atoms with Gasteiger partial charge in [-0.2, -0.15) is 0 Å². The Morgan fingerprint density at radius 2 is 2.38 bits per heavy atom. The summed E-state index contributed by atoms with van der Waals surface area (Å²) in [5, 5.41) is 0.609. The molecule has 0 amide bonds. The van der Waals surface area contributed by atoms with E-state index in [4.69, 9.17) is 10.5 Å². The standard InChI is InChI=1S/C11H16N2O2S/c1-3-15-11(14)9-7-4-5-13(2)6-8(7)16-10(9)12/h3-6,12H2,1-2H3/p+1. The zero-order valence-electron chi connectivity index (χ0n) is 9.63. The Labute approximate surface area is 99.0 Å². The fourth-order valence-corrected chi connectivity index (χ4v) is 3.29. The molecule has 4 nitrogen and oxygen atoms in total. The summed E-state index contributed by atoms with van der Waals surface area (Å²) in [7, 11) is 2.16. The number of likely N-dealkylation sites (N-methyl/N-ethyl adjacent to an activating group) is 1. The molecular formula is C11H17N2O2S+. The number of anilines is 1. The second-order valence-corrected chi connectivity index (χ2v) is 5.23. The van der Waals surface area contributed by atoms with E-state index in [1.165, 1.54) is 21.1 Å². The molecule has 1 unspecified atom stereocenters. The Bertz CT molecular complexity index is 414. The fraction of sp³-hybridized carbons (Fsp3) is 0.545. The molecule has 0 radical (unpaired) electrons. The number of nitrogen functional groups attached to an aromatic ring is 1. The summed E-state index contributed by atoms with van der Waals surface area (Å²) in [6.45, 7) is 4.22. The lowest BCUT2D eigenvalue weighted by molar-refractivity contribution is -0.895. The average Bonchev–Trinajstić information content (AvgIpc) is 2.53. The highest BCUT2D eigenvalue weighted by Gasteiger charge is 2.28. The number of thiophene rings is 1. The normalized spacial score (nSPS) is 19.2. The Morgan fingerprint density at radius 3 is 3.06 bits per heavy atom. The van der Waals surface area contributed by atoms with Crippen LogP contribution in [0.25, 0.3) is 0 Å². The number of hydrogen-bond acceptors (Lipinski definition) is 4. The van der Waals surface area contributed by atoms with Crippen LogP contribution in [0, 0.1) is 0 Å². The molecule has 1 aromatic heterocycles. The predicted octanol–water partition coefficient (Wildman–Crippen LogP) is 0.0778. The van der Waals surface area contributed by atoms with Gasteiger partial charge >= 0.3 is 5.97 Å². The van der Waals surface area contributed by atoms with Crippen molar-refractivity contribution in [3.05, 3.63) is 16.0 Å². The van der Waals surface area contributed by atoms with Crippen molar-refractivity contribution in [3.63, 3.8) is 0 Å². The maximum Gasteiger partial charge on any atom is 0.341 e. The molecule has 0 saturated carbocycles. The first kappa shape index (κ1) is 11.4. The van der Waals surface area contributed by atoms with Gasteiger partial charge in [0, 0.05) is 6.42 Å². The molecule has 0 fully saturated rings. The predicted molar refractivity (Wildman–Crippen MR) is 63.8 cm³/mol. The summed E-state index contributed by atoms with van der Waals surface area (Å²) in [5.41, 5.74) is 7.64. The van der Waals surface area contributed by atoms with Crippen LogP contribution in [-0.4, -0.2) is 26.2 Å². The van der Waals surface area contributed by atoms with Gasteiger partial charge < -0.3 is 15.4 Å². The molecule has 5 heteroatoms. The number of carbonyl (C=O) groups is 1. The van der Waals surface area contributed by atoms with E-state index in [1.807, 2.05) is 6.92 Å². The molecule has 3 N–H and O–H groups in total. The summed E-state index contributed by atoms with van der Waals surface area (Å²) in [6.07, 6.45) is 0.920. The van der Waals surface area contributed by atoms with Crippen LogP contribution in [0.3, 0.4) is 0 Å². The minimum Gasteiger partial charge on any atom is -0.462 e. The third-order valence-corrected chi connectivity index (χ3v) is 3.92. The van der Waals surface area contributed by atoms with E-state index in [9.17, 15) is 4.79 Å². The van der Waals surface area contributed by atoms with Crippen molar-refractivity contribution in [2.24, 2.45) is 0 Å². The number of carbonyl (C=O) groups excluding carboxylic acids is 1. The van der Waals surface area contributed by atoms with Crippen LogP contribution in [0.2, 0.25) is 0 Å². The average molecular weight is 241 g/mol. The van der Waals surface area contributed by atoms with Gasteiger partial charge in [0.25, 0.3) is 0 Å². The molecule has 0 aliphatic carbocycles. The van der Waals surface area contributed by atoms with Gasteiger partial charge in [-0.3, -0.25) is 0 Å². The van der Waals surface area contributed by atoms with E-state index in [0.717, 1.165) is 25.1 Å². The first-order valence-corrected chi connectivity index (χ1v) is 6.33. The van der Waals surface area contributed by atoms with Crippen molar-refractivity contribution in [3.8, 4) is 0 Å². The van der Waals surface area contributed by atoms with E-state index < -0.39 is 0 Å². The smallest absolute Gasteiger partial charge is 0.341 e. The Kier molecular flexibility index (Phi) is 3.16. The van der Waals surface area contributed by atoms with E-state index in [-0.39, 0.29) is 5.97 Å². The van der Waals surface area contributed by atoms with Crippen molar-refractivity contribution in [1.29, 1.82) is 0 Å². The van der Waals surface area contributed by atoms with Crippen LogP contribution in [0.1, 0.15) is 27.7 Å². The number of nitrogens with one attached hydrogen (secondary N) is 1. The van der Waals surface area contributed by atoms with Crippen molar-refractivity contribution in [2.75, 3.05) is 25.9 Å². The van der Waals surface area contributed by atoms with Crippen molar-refractivity contribution in [2.45, 2.75) is 19.9 Å². The van der Waals surface area contributed by atoms with E-state index >= 15 is 0 Å². The SMILES string of the molecule is CCOC(=O)c1c(N)sc2c1CC[NH+](C)C2. The number of esters is 1. The summed E-state index contributed by atoms with van der Waals surface area (Å²) < 4.78 is 5.04. The molecule has 1 aliphatic rings. The first-order chi connectivity index (χ1) is 7.63. The maximum absolute atomic E-state index is 11.8. The molecule has 0 spiro atoms. The number of fused-ring (bicyclic) bond motifs is 1. The molecule has 0 aromatic carbocycles. The number of hydrogen-bond donors (Lipinski definition) is 2. The highest BCUT2D eigenvalue weighted by atomic mass is 32.1. The molecule has 1 atom stereocenters. The molecule has 0 bridgehead atoms. The lowest BCUT2D eigenvalue weighted by Gasteiger charge is -2.19. The molecule has 16 heavy (non-hydrogen) atoms. The van der Waals surface area contributed by atoms with Crippen LogP contribution in [-0.2, 0) is 17.7 Å². The highest BCUT2D eigenvalue weighted by molar-refractivity contribution is 7.16. The van der Waals surface area contributed by atoms with Crippen molar-refractivity contribution >= 4 is 22.3 Å². The van der Waals surface area contributed by atoms with E-state index in [1.54, 1.807) is 0 Å². The Balaban J connectivity index is 2.35. The van der Waals surface area contributed by atoms with Crippen molar-refractivity contribution in [1.82, 2.24) is 0 Å². The molecule has 1 aromatic rings. The minimum atomic E-state index is -0.267. The van der Waals surface area contributed by atoms with Gasteiger partial charge in [0.2, 0.25) is 0 Å². The summed E-state index contributed by atoms with van der Waals surface area (Å²) in [6, 6.07) is 0. The molecule has 2 heterocycles. The van der Waals surface area contributed by atoms with Gasteiger partial charge in [-0.1, -0.05) is 0 Å². The molecule has 1 aliphatic heterocycles. The largest absolute Gasteiger partial charge is 0.462 e. The van der Waals surface area contributed by atoms with Crippen LogP contribution >= 0.6 is 11.3 Å². The monoisotopic (exact) mass is 241 g/mol. The van der Waals surface area contributed by atoms with Gasteiger partial charge in [-0.15, -0.1) is 11.3 Å². The van der Waals surface area contributed by atoms with Crippen LogP contribution in [0.4, 0.5) is 5.00 Å². The number of ether oxygens (including phenoxy) is 1. The third-order valence-electron chi connectivity index (χ3n) is 2.86. The summed E-state index contributed by atoms with van der Waals surface area (Å²) >= 11 is 1.53. The zero-order valence-corrected chi connectivity index (χ0v) is 10.4. The number of quaternary nitrogens is 1. The van der Waals surface area contributed by atoms with E-state index in [2.05, 4.69) is 7.05 Å². The Morgan fingerprint density at radius 1 is 1.62 bits per heavy atom. The number of rotatable bonds is 2. The second-order valence-electron chi connectivity index (χ2n) is 4.10. The van der Waals surface area contributed by atoms with E-state index in [0.29, 0.717) is 17.2 Å². The Hall–Kier alpha value is -1.07. The second kappa shape index (κ2) is 4.43. The zero-order chi connectivity index (χ0) is 11.7. The quantitative estimate of drug-likeness (QED) is 0.721. The molecule has 2 rings (SSSR count). The molecule has 88 valence electrons. The van der Waals surface area contributed by atoms with Crippen LogP contribution in [0.15, 0.2) is 0 Å². The van der Waals surface area contributed by atoms with Crippen LogP contribution < -0.4 is 10.6 Å². The highest BCUT2D eigenvalue weighted by Crippen LogP contribution is 2.32. The maximum atomic E-state index is 11.8. The lowest BCUT2D eigenvalue weighted by Crippen LogP contribution is -3.08. The fourth-order valence-electron chi connectivity index (χ4n) is 2.07. The lowest BCUT2D eigenvalue weighted by atomic mass is 10.0. The molecule has 0 saturated heterocycles. The molecular weight excluding hydrogens is 224 g/mol.